The second-order valence-electron chi connectivity index (χ2n) is 4.04. The lowest BCUT2D eigenvalue weighted by molar-refractivity contribution is -0.153. The minimum absolute atomic E-state index is 0.00463. The van der Waals surface area contributed by atoms with Crippen LogP contribution in [0.5, 0.6) is 0 Å². The van der Waals surface area contributed by atoms with E-state index in [-0.39, 0.29) is 12.1 Å². The van der Waals surface area contributed by atoms with E-state index in [4.69, 9.17) is 4.74 Å². The van der Waals surface area contributed by atoms with E-state index in [0.29, 0.717) is 12.3 Å². The maximum atomic E-state index is 11.2. The van der Waals surface area contributed by atoms with Crippen molar-refractivity contribution in [2.75, 3.05) is 0 Å². The Bertz CT molecular complexity index is 165. The standard InChI is InChI=1S/C11H20O2/c1-3-6-10-9(2)7-4-5-8-11(12)13-10/h9-10H,3-8H2,1-2H3/t9?,10-/m1/s1. The van der Waals surface area contributed by atoms with Crippen molar-refractivity contribution in [1.29, 1.82) is 0 Å². The monoisotopic (exact) mass is 184 g/mol. The summed E-state index contributed by atoms with van der Waals surface area (Å²) in [6, 6.07) is 0. The molecule has 2 nitrogen and oxygen atoms in total. The van der Waals surface area contributed by atoms with Crippen molar-refractivity contribution in [1.82, 2.24) is 0 Å². The number of carbonyl (C=O) groups is 1. The molecule has 1 unspecified atom stereocenters. The molecule has 0 aromatic carbocycles. The lowest BCUT2D eigenvalue weighted by Gasteiger charge is -2.26. The molecule has 0 aromatic rings. The van der Waals surface area contributed by atoms with Crippen LogP contribution >= 0.6 is 0 Å². The van der Waals surface area contributed by atoms with Crippen LogP contribution < -0.4 is 0 Å². The Labute approximate surface area is 80.7 Å². The smallest absolute Gasteiger partial charge is 0.306 e. The molecule has 0 aliphatic carbocycles. The molecule has 0 amide bonds. The number of hydrogen-bond donors (Lipinski definition) is 0. The highest BCUT2D eigenvalue weighted by Crippen LogP contribution is 2.23. The molecule has 0 spiro atoms. The van der Waals surface area contributed by atoms with Crippen LogP contribution in [0.1, 0.15) is 52.4 Å². The van der Waals surface area contributed by atoms with Crippen LogP contribution in [0.2, 0.25) is 0 Å². The van der Waals surface area contributed by atoms with E-state index < -0.39 is 0 Å². The minimum atomic E-state index is 0.00463. The average Bonchev–Trinajstić information content (AvgIpc) is 2.09. The lowest BCUT2D eigenvalue weighted by Crippen LogP contribution is -2.27. The lowest BCUT2D eigenvalue weighted by atomic mass is 9.93. The largest absolute Gasteiger partial charge is 0.462 e. The van der Waals surface area contributed by atoms with E-state index in [1.165, 1.54) is 12.8 Å². The van der Waals surface area contributed by atoms with E-state index in [0.717, 1.165) is 19.3 Å². The van der Waals surface area contributed by atoms with Crippen molar-refractivity contribution in [2.45, 2.75) is 58.5 Å². The molecule has 1 rings (SSSR count). The van der Waals surface area contributed by atoms with Crippen molar-refractivity contribution in [3.05, 3.63) is 0 Å². The van der Waals surface area contributed by atoms with Gasteiger partial charge in [-0.1, -0.05) is 26.7 Å². The summed E-state index contributed by atoms with van der Waals surface area (Å²) in [7, 11) is 0. The summed E-state index contributed by atoms with van der Waals surface area (Å²) in [5, 5.41) is 0. The molecule has 1 heterocycles. The molecule has 0 bridgehead atoms. The highest BCUT2D eigenvalue weighted by Gasteiger charge is 2.22. The summed E-state index contributed by atoms with van der Waals surface area (Å²) in [5.74, 6) is 0.550. The van der Waals surface area contributed by atoms with Crippen molar-refractivity contribution >= 4 is 5.97 Å². The van der Waals surface area contributed by atoms with Crippen LogP contribution in [0.3, 0.4) is 0 Å². The molecule has 1 fully saturated rings. The number of esters is 1. The summed E-state index contributed by atoms with van der Waals surface area (Å²) in [6.07, 6.45) is 6.30. The number of ether oxygens (including phenoxy) is 1. The molecular weight excluding hydrogens is 164 g/mol. The van der Waals surface area contributed by atoms with Gasteiger partial charge in [0.15, 0.2) is 0 Å². The molecule has 1 aliphatic heterocycles. The van der Waals surface area contributed by atoms with Gasteiger partial charge < -0.3 is 4.74 Å². The third-order valence-corrected chi connectivity index (χ3v) is 2.78. The second kappa shape index (κ2) is 5.25. The van der Waals surface area contributed by atoms with Gasteiger partial charge in [0.05, 0.1) is 0 Å². The van der Waals surface area contributed by atoms with E-state index in [1.54, 1.807) is 0 Å². The van der Waals surface area contributed by atoms with Crippen molar-refractivity contribution in [3.8, 4) is 0 Å². The molecule has 0 N–H and O–H groups in total. The third-order valence-electron chi connectivity index (χ3n) is 2.78. The maximum absolute atomic E-state index is 11.2. The first kappa shape index (κ1) is 10.6. The summed E-state index contributed by atoms with van der Waals surface area (Å²) in [4.78, 5) is 11.2. The fraction of sp³-hybridized carbons (Fsp3) is 0.909. The third kappa shape index (κ3) is 3.37. The summed E-state index contributed by atoms with van der Waals surface area (Å²) < 4.78 is 5.41. The quantitative estimate of drug-likeness (QED) is 0.617. The van der Waals surface area contributed by atoms with Gasteiger partial charge in [-0.2, -0.15) is 0 Å². The highest BCUT2D eigenvalue weighted by atomic mass is 16.5. The molecule has 2 atom stereocenters. The summed E-state index contributed by atoms with van der Waals surface area (Å²) in [6.45, 7) is 4.33. The Kier molecular flexibility index (Phi) is 4.26. The number of cyclic esters (lactones) is 1. The Morgan fingerprint density at radius 2 is 2.23 bits per heavy atom. The van der Waals surface area contributed by atoms with Gasteiger partial charge in [0.1, 0.15) is 6.10 Å². The molecule has 1 saturated heterocycles. The fourth-order valence-corrected chi connectivity index (χ4v) is 1.89. The van der Waals surface area contributed by atoms with Gasteiger partial charge in [0, 0.05) is 6.42 Å². The Balaban J connectivity index is 2.48. The van der Waals surface area contributed by atoms with Crippen molar-refractivity contribution in [2.24, 2.45) is 5.92 Å². The van der Waals surface area contributed by atoms with Gasteiger partial charge in [0.2, 0.25) is 0 Å². The highest BCUT2D eigenvalue weighted by molar-refractivity contribution is 5.69. The van der Waals surface area contributed by atoms with Gasteiger partial charge in [-0.25, -0.2) is 0 Å². The van der Waals surface area contributed by atoms with Crippen LogP contribution in [0, 0.1) is 5.92 Å². The number of carbonyl (C=O) groups excluding carboxylic acids is 1. The van der Waals surface area contributed by atoms with Crippen LogP contribution in [-0.2, 0) is 9.53 Å². The molecule has 76 valence electrons. The van der Waals surface area contributed by atoms with E-state index in [9.17, 15) is 4.79 Å². The van der Waals surface area contributed by atoms with Crippen LogP contribution in [-0.4, -0.2) is 12.1 Å². The molecule has 13 heavy (non-hydrogen) atoms. The molecule has 2 heteroatoms. The normalized spacial score (nSPS) is 30.5. The SMILES string of the molecule is CCC[C@H]1OC(=O)CCCCC1C. The first-order valence-electron chi connectivity index (χ1n) is 5.43. The topological polar surface area (TPSA) is 26.3 Å². The summed E-state index contributed by atoms with van der Waals surface area (Å²) in [5.41, 5.74) is 0. The maximum Gasteiger partial charge on any atom is 0.306 e. The van der Waals surface area contributed by atoms with E-state index in [2.05, 4.69) is 13.8 Å². The predicted octanol–water partition coefficient (Wildman–Crippen LogP) is 2.91. The van der Waals surface area contributed by atoms with Crippen LogP contribution in [0.4, 0.5) is 0 Å². The first-order chi connectivity index (χ1) is 6.24. The molecular formula is C11H20O2. The van der Waals surface area contributed by atoms with Gasteiger partial charge in [-0.15, -0.1) is 0 Å². The second-order valence-corrected chi connectivity index (χ2v) is 4.04. The zero-order valence-corrected chi connectivity index (χ0v) is 8.71. The van der Waals surface area contributed by atoms with Gasteiger partial charge >= 0.3 is 5.97 Å². The fourth-order valence-electron chi connectivity index (χ4n) is 1.89. The van der Waals surface area contributed by atoms with Gasteiger partial charge in [-0.05, 0) is 25.2 Å². The van der Waals surface area contributed by atoms with Crippen molar-refractivity contribution in [3.63, 3.8) is 0 Å². The van der Waals surface area contributed by atoms with E-state index in [1.807, 2.05) is 0 Å². The van der Waals surface area contributed by atoms with Gasteiger partial charge in [-0.3, -0.25) is 4.79 Å². The average molecular weight is 184 g/mol. The molecule has 0 radical (unpaired) electrons. The zero-order valence-electron chi connectivity index (χ0n) is 8.71. The van der Waals surface area contributed by atoms with Crippen LogP contribution in [0.25, 0.3) is 0 Å². The van der Waals surface area contributed by atoms with Crippen LogP contribution in [0.15, 0.2) is 0 Å². The number of hydrogen-bond acceptors (Lipinski definition) is 2. The number of rotatable bonds is 2. The van der Waals surface area contributed by atoms with E-state index >= 15 is 0 Å². The van der Waals surface area contributed by atoms with Crippen molar-refractivity contribution < 1.29 is 9.53 Å². The Morgan fingerprint density at radius 3 is 2.92 bits per heavy atom. The minimum Gasteiger partial charge on any atom is -0.462 e. The molecule has 0 saturated carbocycles. The molecule has 1 aliphatic rings. The predicted molar refractivity (Wildman–Crippen MR) is 52.4 cm³/mol. The Hall–Kier alpha value is -0.530. The Morgan fingerprint density at radius 1 is 1.46 bits per heavy atom. The van der Waals surface area contributed by atoms with Gasteiger partial charge in [0.25, 0.3) is 0 Å². The summed E-state index contributed by atoms with van der Waals surface area (Å²) >= 11 is 0. The zero-order chi connectivity index (χ0) is 9.68. The first-order valence-corrected chi connectivity index (χ1v) is 5.43. The molecule has 0 aromatic heterocycles.